The summed E-state index contributed by atoms with van der Waals surface area (Å²) in [4.78, 5) is 14.7. The highest BCUT2D eigenvalue weighted by atomic mass is 35.5. The number of nitrogens with zero attached hydrogens (tertiary/aromatic N) is 1. The molecule has 2 rings (SSSR count). The van der Waals surface area contributed by atoms with Gasteiger partial charge in [0.1, 0.15) is 0 Å². The highest BCUT2D eigenvalue weighted by Gasteiger charge is 2.34. The molecule has 1 amide bonds. The number of sulfone groups is 1. The molecular formula is C16H25ClN2O3S. The summed E-state index contributed by atoms with van der Waals surface area (Å²) in [6.45, 7) is 6.36. The first kappa shape index (κ1) is 19.9. The molecule has 2 N–H and O–H groups in total. The maximum Gasteiger partial charge on any atom is 0.255 e. The van der Waals surface area contributed by atoms with E-state index in [-0.39, 0.29) is 40.7 Å². The van der Waals surface area contributed by atoms with Crippen LogP contribution in [-0.4, -0.2) is 43.6 Å². The lowest BCUT2D eigenvalue weighted by atomic mass is 10.1. The molecule has 0 aliphatic carbocycles. The molecule has 0 spiro atoms. The summed E-state index contributed by atoms with van der Waals surface area (Å²) in [7, 11) is -3.49. The molecule has 1 fully saturated rings. The van der Waals surface area contributed by atoms with E-state index < -0.39 is 15.1 Å². The SMILES string of the molecule is CC1CC(CN)CN1C(=O)c1ccccc1S(=O)(=O)C(C)C.Cl. The Balaban J connectivity index is 0.00000264. The fourth-order valence-corrected chi connectivity index (χ4v) is 4.13. The van der Waals surface area contributed by atoms with E-state index >= 15 is 0 Å². The van der Waals surface area contributed by atoms with Crippen LogP contribution in [0.2, 0.25) is 0 Å². The van der Waals surface area contributed by atoms with E-state index in [1.165, 1.54) is 6.07 Å². The summed E-state index contributed by atoms with van der Waals surface area (Å²) < 4.78 is 25.0. The van der Waals surface area contributed by atoms with Crippen molar-refractivity contribution in [1.29, 1.82) is 0 Å². The Morgan fingerprint density at radius 1 is 1.35 bits per heavy atom. The van der Waals surface area contributed by atoms with Crippen molar-refractivity contribution < 1.29 is 13.2 Å². The standard InChI is InChI=1S/C16H24N2O3S.ClH/c1-11(2)22(20,21)15-7-5-4-6-14(15)16(19)18-10-13(9-17)8-12(18)3;/h4-7,11-13H,8-10,17H2,1-3H3;1H. The minimum atomic E-state index is -3.49. The monoisotopic (exact) mass is 360 g/mol. The van der Waals surface area contributed by atoms with Crippen LogP contribution in [0.25, 0.3) is 0 Å². The van der Waals surface area contributed by atoms with Crippen molar-refractivity contribution in [1.82, 2.24) is 4.90 Å². The average molecular weight is 361 g/mol. The second kappa shape index (κ2) is 7.64. The molecular weight excluding hydrogens is 336 g/mol. The summed E-state index contributed by atoms with van der Waals surface area (Å²) >= 11 is 0. The van der Waals surface area contributed by atoms with Crippen LogP contribution in [0, 0.1) is 5.92 Å². The quantitative estimate of drug-likeness (QED) is 0.891. The Bertz CT molecular complexity index is 661. The molecule has 1 saturated heterocycles. The summed E-state index contributed by atoms with van der Waals surface area (Å²) in [6, 6.07) is 6.55. The van der Waals surface area contributed by atoms with Gasteiger partial charge in [-0.2, -0.15) is 0 Å². The zero-order valence-electron chi connectivity index (χ0n) is 13.7. The van der Waals surface area contributed by atoms with E-state index in [1.54, 1.807) is 36.9 Å². The first-order valence-corrected chi connectivity index (χ1v) is 9.17. The Morgan fingerprint density at radius 3 is 2.48 bits per heavy atom. The zero-order chi connectivity index (χ0) is 16.5. The number of rotatable bonds is 4. The number of carbonyl (C=O) groups is 1. The average Bonchev–Trinajstić information content (AvgIpc) is 2.87. The molecule has 1 heterocycles. The molecule has 2 atom stereocenters. The normalized spacial score (nSPS) is 21.3. The van der Waals surface area contributed by atoms with Crippen LogP contribution in [0.3, 0.4) is 0 Å². The van der Waals surface area contributed by atoms with Gasteiger partial charge in [-0.15, -0.1) is 12.4 Å². The van der Waals surface area contributed by atoms with Crippen LogP contribution in [0.1, 0.15) is 37.6 Å². The molecule has 5 nitrogen and oxygen atoms in total. The first-order valence-electron chi connectivity index (χ1n) is 7.63. The predicted molar refractivity (Wildman–Crippen MR) is 93.7 cm³/mol. The lowest BCUT2D eigenvalue weighted by Crippen LogP contribution is -2.35. The largest absolute Gasteiger partial charge is 0.336 e. The number of benzene rings is 1. The van der Waals surface area contributed by atoms with Gasteiger partial charge in [0.15, 0.2) is 9.84 Å². The van der Waals surface area contributed by atoms with Crippen LogP contribution in [-0.2, 0) is 9.84 Å². The topological polar surface area (TPSA) is 80.5 Å². The Morgan fingerprint density at radius 2 is 1.96 bits per heavy atom. The van der Waals surface area contributed by atoms with E-state index in [2.05, 4.69) is 0 Å². The van der Waals surface area contributed by atoms with Gasteiger partial charge in [0.05, 0.1) is 15.7 Å². The molecule has 23 heavy (non-hydrogen) atoms. The Labute approximate surface area is 144 Å². The fourth-order valence-electron chi connectivity index (χ4n) is 2.90. The second-order valence-electron chi connectivity index (χ2n) is 6.23. The smallest absolute Gasteiger partial charge is 0.255 e. The van der Waals surface area contributed by atoms with Gasteiger partial charge in [0.25, 0.3) is 5.91 Å². The zero-order valence-corrected chi connectivity index (χ0v) is 15.4. The van der Waals surface area contributed by atoms with Crippen molar-refractivity contribution >= 4 is 28.2 Å². The van der Waals surface area contributed by atoms with Crippen molar-refractivity contribution in [2.24, 2.45) is 11.7 Å². The van der Waals surface area contributed by atoms with E-state index in [0.29, 0.717) is 13.1 Å². The number of amides is 1. The predicted octanol–water partition coefficient (Wildman–Crippen LogP) is 2.10. The van der Waals surface area contributed by atoms with Gasteiger partial charge in [-0.25, -0.2) is 8.42 Å². The molecule has 0 saturated carbocycles. The highest BCUT2D eigenvalue weighted by Crippen LogP contribution is 2.27. The van der Waals surface area contributed by atoms with Crippen molar-refractivity contribution in [2.75, 3.05) is 13.1 Å². The van der Waals surface area contributed by atoms with Crippen LogP contribution >= 0.6 is 12.4 Å². The van der Waals surface area contributed by atoms with E-state index in [0.717, 1.165) is 6.42 Å². The summed E-state index contributed by atoms with van der Waals surface area (Å²) in [5.74, 6) is 0.0658. The molecule has 0 aromatic heterocycles. The maximum absolute atomic E-state index is 12.8. The van der Waals surface area contributed by atoms with Gasteiger partial charge >= 0.3 is 0 Å². The summed E-state index contributed by atoms with van der Waals surface area (Å²) in [5.41, 5.74) is 5.97. The Kier molecular flexibility index (Phi) is 6.62. The van der Waals surface area contributed by atoms with Crippen molar-refractivity contribution in [2.45, 2.75) is 43.4 Å². The molecule has 1 aromatic carbocycles. The molecule has 1 aromatic rings. The van der Waals surface area contributed by atoms with Crippen LogP contribution < -0.4 is 5.73 Å². The molecule has 0 radical (unpaired) electrons. The minimum Gasteiger partial charge on any atom is -0.336 e. The molecule has 7 heteroatoms. The first-order chi connectivity index (χ1) is 10.3. The second-order valence-corrected chi connectivity index (χ2v) is 8.71. The lowest BCUT2D eigenvalue weighted by molar-refractivity contribution is 0.0739. The summed E-state index contributed by atoms with van der Waals surface area (Å²) in [6.07, 6.45) is 0.862. The third-order valence-electron chi connectivity index (χ3n) is 4.30. The summed E-state index contributed by atoms with van der Waals surface area (Å²) in [5, 5.41) is -0.561. The van der Waals surface area contributed by atoms with Crippen molar-refractivity contribution in [3.63, 3.8) is 0 Å². The third-order valence-corrected chi connectivity index (χ3v) is 6.51. The van der Waals surface area contributed by atoms with Crippen LogP contribution in [0.4, 0.5) is 0 Å². The minimum absolute atomic E-state index is 0. The number of nitrogens with two attached hydrogens (primary N) is 1. The van der Waals surface area contributed by atoms with Crippen LogP contribution in [0.15, 0.2) is 29.2 Å². The fraction of sp³-hybridized carbons (Fsp3) is 0.562. The van der Waals surface area contributed by atoms with Gasteiger partial charge in [-0.1, -0.05) is 12.1 Å². The van der Waals surface area contributed by atoms with Gasteiger partial charge in [0, 0.05) is 12.6 Å². The number of carbonyl (C=O) groups excluding carboxylic acids is 1. The number of likely N-dealkylation sites (tertiary alicyclic amines) is 1. The molecule has 130 valence electrons. The van der Waals surface area contributed by atoms with E-state index in [1.807, 2.05) is 6.92 Å². The number of hydrogen-bond donors (Lipinski definition) is 1. The van der Waals surface area contributed by atoms with E-state index in [9.17, 15) is 13.2 Å². The van der Waals surface area contributed by atoms with Gasteiger partial charge in [-0.05, 0) is 51.8 Å². The van der Waals surface area contributed by atoms with Crippen molar-refractivity contribution in [3.05, 3.63) is 29.8 Å². The molecule has 1 aliphatic heterocycles. The lowest BCUT2D eigenvalue weighted by Gasteiger charge is -2.23. The van der Waals surface area contributed by atoms with Gasteiger partial charge < -0.3 is 10.6 Å². The molecule has 1 aliphatic rings. The van der Waals surface area contributed by atoms with Gasteiger partial charge in [-0.3, -0.25) is 4.79 Å². The molecule has 0 bridgehead atoms. The van der Waals surface area contributed by atoms with Crippen LogP contribution in [0.5, 0.6) is 0 Å². The van der Waals surface area contributed by atoms with Gasteiger partial charge in [0.2, 0.25) is 0 Å². The Hall–Kier alpha value is -1.11. The third kappa shape index (κ3) is 3.87. The number of halogens is 1. The van der Waals surface area contributed by atoms with E-state index in [4.69, 9.17) is 5.73 Å². The highest BCUT2D eigenvalue weighted by molar-refractivity contribution is 7.92. The number of hydrogen-bond acceptors (Lipinski definition) is 4. The van der Waals surface area contributed by atoms with Crippen molar-refractivity contribution in [3.8, 4) is 0 Å². The molecule has 2 unspecified atom stereocenters. The maximum atomic E-state index is 12.8.